The molecular weight excluding hydrogens is 250 g/mol. The van der Waals surface area contributed by atoms with E-state index < -0.39 is 10.0 Å². The number of piperazine rings is 1. The van der Waals surface area contributed by atoms with Gasteiger partial charge in [0.05, 0.1) is 17.4 Å². The van der Waals surface area contributed by atoms with E-state index in [1.54, 1.807) is 24.3 Å². The Morgan fingerprint density at radius 2 is 1.83 bits per heavy atom. The summed E-state index contributed by atoms with van der Waals surface area (Å²) in [4.78, 5) is 0. The van der Waals surface area contributed by atoms with E-state index in [9.17, 15) is 8.42 Å². The van der Waals surface area contributed by atoms with Crippen LogP contribution in [-0.2, 0) is 15.8 Å². The molecule has 6 heteroatoms. The van der Waals surface area contributed by atoms with Gasteiger partial charge in [-0.25, -0.2) is 8.42 Å². The quantitative estimate of drug-likeness (QED) is 0.852. The first kappa shape index (κ1) is 13.0. The summed E-state index contributed by atoms with van der Waals surface area (Å²) in [5.41, 5.74) is 1.26. The summed E-state index contributed by atoms with van der Waals surface area (Å²) in [6.07, 6.45) is 0. The zero-order valence-corrected chi connectivity index (χ0v) is 10.8. The summed E-state index contributed by atoms with van der Waals surface area (Å²) in [6.45, 7) is 2.45. The van der Waals surface area contributed by atoms with Crippen molar-refractivity contribution >= 4 is 10.0 Å². The van der Waals surface area contributed by atoms with Gasteiger partial charge in [-0.15, -0.1) is 0 Å². The molecule has 0 amide bonds. The lowest BCUT2D eigenvalue weighted by Crippen LogP contribution is -2.46. The smallest absolute Gasteiger partial charge is 0.218 e. The minimum Gasteiger partial charge on any atom is -0.314 e. The molecule has 1 heterocycles. The molecule has 1 aliphatic rings. The van der Waals surface area contributed by atoms with Crippen LogP contribution < -0.4 is 5.32 Å². The molecule has 0 aliphatic carbocycles. The molecule has 1 saturated heterocycles. The van der Waals surface area contributed by atoms with E-state index in [1.165, 1.54) is 4.31 Å². The van der Waals surface area contributed by atoms with E-state index >= 15 is 0 Å². The summed E-state index contributed by atoms with van der Waals surface area (Å²) in [5.74, 6) is -0.00128. The van der Waals surface area contributed by atoms with E-state index in [4.69, 9.17) is 5.26 Å². The minimum absolute atomic E-state index is 0.00128. The average Bonchev–Trinajstić information content (AvgIpc) is 2.40. The van der Waals surface area contributed by atoms with Crippen molar-refractivity contribution in [3.8, 4) is 6.07 Å². The first-order chi connectivity index (χ1) is 8.62. The van der Waals surface area contributed by atoms with Crippen molar-refractivity contribution in [1.29, 1.82) is 5.26 Å². The highest BCUT2D eigenvalue weighted by molar-refractivity contribution is 7.88. The number of benzene rings is 1. The molecule has 0 radical (unpaired) electrons. The SMILES string of the molecule is N#Cc1ccc(CS(=O)(=O)N2CCNCC2)cc1. The Labute approximate surface area is 107 Å². The third-order valence-electron chi connectivity index (χ3n) is 2.90. The van der Waals surface area contributed by atoms with Gasteiger partial charge in [0.25, 0.3) is 0 Å². The van der Waals surface area contributed by atoms with Gasteiger partial charge in [0, 0.05) is 26.2 Å². The number of sulfonamides is 1. The highest BCUT2D eigenvalue weighted by atomic mass is 32.2. The first-order valence-corrected chi connectivity index (χ1v) is 7.40. The van der Waals surface area contributed by atoms with Gasteiger partial charge in [-0.1, -0.05) is 12.1 Å². The van der Waals surface area contributed by atoms with Crippen LogP contribution in [0.15, 0.2) is 24.3 Å². The Balaban J connectivity index is 2.09. The van der Waals surface area contributed by atoms with Crippen molar-refractivity contribution in [1.82, 2.24) is 9.62 Å². The van der Waals surface area contributed by atoms with Crippen LogP contribution in [0.5, 0.6) is 0 Å². The second-order valence-electron chi connectivity index (χ2n) is 4.21. The molecule has 0 bridgehead atoms. The molecule has 0 saturated carbocycles. The topological polar surface area (TPSA) is 73.2 Å². The van der Waals surface area contributed by atoms with Crippen LogP contribution in [0.25, 0.3) is 0 Å². The average molecular weight is 265 g/mol. The van der Waals surface area contributed by atoms with Crippen molar-refractivity contribution in [3.05, 3.63) is 35.4 Å². The zero-order valence-electron chi connectivity index (χ0n) is 9.96. The fourth-order valence-electron chi connectivity index (χ4n) is 1.90. The predicted octanol–water partition coefficient (Wildman–Crippen LogP) is 0.293. The molecule has 18 heavy (non-hydrogen) atoms. The van der Waals surface area contributed by atoms with Crippen molar-refractivity contribution in [2.45, 2.75) is 5.75 Å². The molecular formula is C12H15N3O2S. The van der Waals surface area contributed by atoms with Crippen molar-refractivity contribution < 1.29 is 8.42 Å². The number of hydrogen-bond acceptors (Lipinski definition) is 4. The van der Waals surface area contributed by atoms with Gasteiger partial charge in [0.2, 0.25) is 10.0 Å². The van der Waals surface area contributed by atoms with Crippen LogP contribution in [0.2, 0.25) is 0 Å². The molecule has 0 unspecified atom stereocenters. The predicted molar refractivity (Wildman–Crippen MR) is 68.2 cm³/mol. The molecule has 1 N–H and O–H groups in total. The van der Waals surface area contributed by atoms with Crippen LogP contribution in [0.4, 0.5) is 0 Å². The summed E-state index contributed by atoms with van der Waals surface area (Å²) in [6, 6.07) is 8.68. The van der Waals surface area contributed by atoms with Gasteiger partial charge in [0.1, 0.15) is 0 Å². The van der Waals surface area contributed by atoms with Crippen LogP contribution in [0.1, 0.15) is 11.1 Å². The number of nitrogens with zero attached hydrogens (tertiary/aromatic N) is 2. The molecule has 0 atom stereocenters. The second-order valence-corrected chi connectivity index (χ2v) is 6.18. The van der Waals surface area contributed by atoms with Crippen molar-refractivity contribution in [2.75, 3.05) is 26.2 Å². The van der Waals surface area contributed by atoms with Gasteiger partial charge in [0.15, 0.2) is 0 Å². The molecule has 0 spiro atoms. The lowest BCUT2D eigenvalue weighted by atomic mass is 10.2. The van der Waals surface area contributed by atoms with Gasteiger partial charge < -0.3 is 5.32 Å². The third kappa shape index (κ3) is 3.07. The maximum Gasteiger partial charge on any atom is 0.218 e. The summed E-state index contributed by atoms with van der Waals surface area (Å²) in [7, 11) is -3.25. The Bertz CT molecular complexity index is 540. The Morgan fingerprint density at radius 1 is 1.22 bits per heavy atom. The van der Waals surface area contributed by atoms with E-state index in [1.807, 2.05) is 6.07 Å². The molecule has 1 aromatic rings. The van der Waals surface area contributed by atoms with E-state index in [2.05, 4.69) is 5.32 Å². The van der Waals surface area contributed by atoms with Gasteiger partial charge >= 0.3 is 0 Å². The van der Waals surface area contributed by atoms with Crippen LogP contribution in [0, 0.1) is 11.3 Å². The van der Waals surface area contributed by atoms with Crippen LogP contribution in [-0.4, -0.2) is 38.9 Å². The number of rotatable bonds is 3. The Kier molecular flexibility index (Phi) is 3.97. The van der Waals surface area contributed by atoms with E-state index in [-0.39, 0.29) is 5.75 Å². The highest BCUT2D eigenvalue weighted by Crippen LogP contribution is 2.12. The molecule has 96 valence electrons. The van der Waals surface area contributed by atoms with Crippen LogP contribution in [0.3, 0.4) is 0 Å². The molecule has 2 rings (SSSR count). The standard InChI is InChI=1S/C12H15N3O2S/c13-9-11-1-3-12(4-2-11)10-18(16,17)15-7-5-14-6-8-15/h1-4,14H,5-8,10H2. The Morgan fingerprint density at radius 3 is 2.39 bits per heavy atom. The minimum atomic E-state index is -3.25. The van der Waals surface area contributed by atoms with Crippen LogP contribution >= 0.6 is 0 Å². The van der Waals surface area contributed by atoms with Gasteiger partial charge in [-0.3, -0.25) is 0 Å². The highest BCUT2D eigenvalue weighted by Gasteiger charge is 2.23. The summed E-state index contributed by atoms with van der Waals surface area (Å²) in [5, 5.41) is 11.8. The molecule has 1 aromatic carbocycles. The van der Waals surface area contributed by atoms with Gasteiger partial charge in [-0.2, -0.15) is 9.57 Å². The number of hydrogen-bond donors (Lipinski definition) is 1. The van der Waals surface area contributed by atoms with E-state index in [0.29, 0.717) is 37.3 Å². The maximum absolute atomic E-state index is 12.1. The lowest BCUT2D eigenvalue weighted by Gasteiger charge is -2.26. The summed E-state index contributed by atoms with van der Waals surface area (Å²) < 4.78 is 25.8. The number of nitriles is 1. The van der Waals surface area contributed by atoms with Gasteiger partial charge in [-0.05, 0) is 17.7 Å². The number of nitrogens with one attached hydrogen (secondary N) is 1. The first-order valence-electron chi connectivity index (χ1n) is 5.79. The maximum atomic E-state index is 12.1. The zero-order chi connectivity index (χ0) is 13.0. The molecule has 1 fully saturated rings. The van der Waals surface area contributed by atoms with E-state index in [0.717, 1.165) is 0 Å². The monoisotopic (exact) mass is 265 g/mol. The normalized spacial score (nSPS) is 17.3. The molecule has 1 aliphatic heterocycles. The molecule has 0 aromatic heterocycles. The Hall–Kier alpha value is -1.42. The van der Waals surface area contributed by atoms with Crippen molar-refractivity contribution in [3.63, 3.8) is 0 Å². The fraction of sp³-hybridized carbons (Fsp3) is 0.417. The molecule has 5 nitrogen and oxygen atoms in total. The summed E-state index contributed by atoms with van der Waals surface area (Å²) >= 11 is 0. The fourth-order valence-corrected chi connectivity index (χ4v) is 3.44. The largest absolute Gasteiger partial charge is 0.314 e. The second kappa shape index (κ2) is 5.48. The third-order valence-corrected chi connectivity index (χ3v) is 4.75. The lowest BCUT2D eigenvalue weighted by molar-refractivity contribution is 0.360. The van der Waals surface area contributed by atoms with Crippen molar-refractivity contribution in [2.24, 2.45) is 0 Å².